The Morgan fingerprint density at radius 3 is 2.55 bits per heavy atom. The van der Waals surface area contributed by atoms with Crippen molar-refractivity contribution in [2.45, 2.75) is 38.5 Å². The molecule has 0 aromatic carbocycles. The van der Waals surface area contributed by atoms with Crippen molar-refractivity contribution in [2.24, 2.45) is 5.92 Å². The standard InChI is InChI=1S/C12H18ClN3O3S/c1-8(2)9(3)16-11(4-5-14-16)15-7-10(6-12(15)17)20(13,18)19/h4-5,8-10H,6-7H2,1-3H3. The van der Waals surface area contributed by atoms with Gasteiger partial charge < -0.3 is 0 Å². The van der Waals surface area contributed by atoms with Crippen LogP contribution in [0.2, 0.25) is 0 Å². The fourth-order valence-corrected chi connectivity index (χ4v) is 3.23. The molecule has 1 aromatic heterocycles. The molecule has 1 aliphatic heterocycles. The lowest BCUT2D eigenvalue weighted by atomic mass is 10.1. The topological polar surface area (TPSA) is 72.3 Å². The predicted octanol–water partition coefficient (Wildman–Crippen LogP) is 1.77. The fourth-order valence-electron chi connectivity index (χ4n) is 2.20. The molecule has 112 valence electrons. The molecule has 8 heteroatoms. The summed E-state index contributed by atoms with van der Waals surface area (Å²) in [5.41, 5.74) is 0. The predicted molar refractivity (Wildman–Crippen MR) is 77.3 cm³/mol. The van der Waals surface area contributed by atoms with Crippen molar-refractivity contribution < 1.29 is 13.2 Å². The lowest BCUT2D eigenvalue weighted by molar-refractivity contribution is -0.117. The van der Waals surface area contributed by atoms with E-state index in [0.29, 0.717) is 11.7 Å². The van der Waals surface area contributed by atoms with Gasteiger partial charge in [0, 0.05) is 29.7 Å². The Labute approximate surface area is 123 Å². The molecule has 1 amide bonds. The molecule has 0 bridgehead atoms. The van der Waals surface area contributed by atoms with Crippen molar-refractivity contribution in [1.29, 1.82) is 0 Å². The Kier molecular flexibility index (Phi) is 4.11. The van der Waals surface area contributed by atoms with E-state index in [2.05, 4.69) is 18.9 Å². The van der Waals surface area contributed by atoms with Crippen LogP contribution in [-0.2, 0) is 13.8 Å². The molecule has 2 rings (SSSR count). The third kappa shape index (κ3) is 2.83. The number of hydrogen-bond donors (Lipinski definition) is 0. The summed E-state index contributed by atoms with van der Waals surface area (Å²) in [4.78, 5) is 13.5. The number of carbonyl (C=O) groups is 1. The summed E-state index contributed by atoms with van der Waals surface area (Å²) in [7, 11) is 1.63. The van der Waals surface area contributed by atoms with Crippen LogP contribution in [0.1, 0.15) is 33.2 Å². The van der Waals surface area contributed by atoms with Gasteiger partial charge in [0.05, 0.1) is 12.2 Å². The van der Waals surface area contributed by atoms with Crippen LogP contribution in [-0.4, -0.2) is 35.9 Å². The van der Waals surface area contributed by atoms with Crippen LogP contribution < -0.4 is 4.90 Å². The van der Waals surface area contributed by atoms with E-state index in [4.69, 9.17) is 10.7 Å². The van der Waals surface area contributed by atoms with E-state index in [1.165, 1.54) is 4.90 Å². The summed E-state index contributed by atoms with van der Waals surface area (Å²) < 4.78 is 24.5. The summed E-state index contributed by atoms with van der Waals surface area (Å²) >= 11 is 0. The number of aromatic nitrogens is 2. The molecular weight excluding hydrogens is 302 g/mol. The Bertz CT molecular complexity index is 611. The van der Waals surface area contributed by atoms with Crippen molar-refractivity contribution in [1.82, 2.24) is 9.78 Å². The summed E-state index contributed by atoms with van der Waals surface area (Å²) in [6, 6.07) is 1.83. The van der Waals surface area contributed by atoms with Crippen LogP contribution in [0.15, 0.2) is 12.3 Å². The molecule has 1 saturated heterocycles. The van der Waals surface area contributed by atoms with Crippen molar-refractivity contribution in [3.8, 4) is 0 Å². The van der Waals surface area contributed by atoms with Crippen molar-refractivity contribution in [2.75, 3.05) is 11.4 Å². The Morgan fingerprint density at radius 1 is 1.40 bits per heavy atom. The Balaban J connectivity index is 2.30. The highest BCUT2D eigenvalue weighted by Gasteiger charge is 2.39. The largest absolute Gasteiger partial charge is 0.296 e. The van der Waals surface area contributed by atoms with Gasteiger partial charge in [0.15, 0.2) is 0 Å². The summed E-state index contributed by atoms with van der Waals surface area (Å²) in [6.07, 6.45) is 1.54. The van der Waals surface area contributed by atoms with E-state index in [9.17, 15) is 13.2 Å². The number of anilines is 1. The van der Waals surface area contributed by atoms with Gasteiger partial charge in [-0.2, -0.15) is 5.10 Å². The maximum atomic E-state index is 12.0. The summed E-state index contributed by atoms with van der Waals surface area (Å²) in [5.74, 6) is 0.731. The maximum absolute atomic E-state index is 12.0. The van der Waals surface area contributed by atoms with Gasteiger partial charge in [0.25, 0.3) is 0 Å². The van der Waals surface area contributed by atoms with Crippen LogP contribution >= 0.6 is 10.7 Å². The second-order valence-corrected chi connectivity index (χ2v) is 8.33. The molecule has 2 heterocycles. The number of amides is 1. The van der Waals surface area contributed by atoms with Crippen LogP contribution in [0, 0.1) is 5.92 Å². The average molecular weight is 320 g/mol. The maximum Gasteiger partial charge on any atom is 0.237 e. The second-order valence-electron chi connectivity index (χ2n) is 5.42. The SMILES string of the molecule is CC(C)C(C)n1nccc1N1CC(S(=O)(=O)Cl)CC1=O. The van der Waals surface area contributed by atoms with Crippen LogP contribution in [0.25, 0.3) is 0 Å². The normalized spacial score (nSPS) is 21.8. The van der Waals surface area contributed by atoms with Gasteiger partial charge in [-0.15, -0.1) is 0 Å². The van der Waals surface area contributed by atoms with Gasteiger partial charge in [-0.3, -0.25) is 9.69 Å². The monoisotopic (exact) mass is 319 g/mol. The lowest BCUT2D eigenvalue weighted by Gasteiger charge is -2.23. The highest BCUT2D eigenvalue weighted by Crippen LogP contribution is 2.29. The molecule has 20 heavy (non-hydrogen) atoms. The van der Waals surface area contributed by atoms with Crippen molar-refractivity contribution >= 4 is 31.5 Å². The van der Waals surface area contributed by atoms with Gasteiger partial charge in [-0.25, -0.2) is 13.1 Å². The lowest BCUT2D eigenvalue weighted by Crippen LogP contribution is -2.30. The van der Waals surface area contributed by atoms with Crippen LogP contribution in [0.3, 0.4) is 0 Å². The quantitative estimate of drug-likeness (QED) is 0.793. The number of halogens is 1. The van der Waals surface area contributed by atoms with Gasteiger partial charge in [-0.05, 0) is 12.8 Å². The highest BCUT2D eigenvalue weighted by atomic mass is 35.7. The van der Waals surface area contributed by atoms with Gasteiger partial charge in [0.1, 0.15) is 11.1 Å². The van der Waals surface area contributed by atoms with E-state index in [1.807, 2.05) is 6.92 Å². The molecule has 2 atom stereocenters. The molecule has 0 saturated carbocycles. The van der Waals surface area contributed by atoms with E-state index >= 15 is 0 Å². The average Bonchev–Trinajstić information content (AvgIpc) is 2.92. The minimum atomic E-state index is -3.73. The molecule has 1 fully saturated rings. The first kappa shape index (κ1) is 15.3. The van der Waals surface area contributed by atoms with Crippen molar-refractivity contribution in [3.05, 3.63) is 12.3 Å². The van der Waals surface area contributed by atoms with Gasteiger partial charge >= 0.3 is 0 Å². The first-order valence-corrected chi connectivity index (χ1v) is 8.86. The molecule has 0 radical (unpaired) electrons. The third-order valence-electron chi connectivity index (χ3n) is 3.76. The zero-order valence-electron chi connectivity index (χ0n) is 11.7. The number of carbonyl (C=O) groups excluding carboxylic acids is 1. The molecule has 0 aliphatic carbocycles. The minimum absolute atomic E-state index is 0.0763. The highest BCUT2D eigenvalue weighted by molar-refractivity contribution is 8.14. The molecule has 6 nitrogen and oxygen atoms in total. The van der Waals surface area contributed by atoms with Crippen LogP contribution in [0.4, 0.5) is 5.82 Å². The van der Waals surface area contributed by atoms with E-state index < -0.39 is 14.3 Å². The molecular formula is C12H18ClN3O3S. The van der Waals surface area contributed by atoms with E-state index in [0.717, 1.165) is 0 Å². The first-order valence-electron chi connectivity index (χ1n) is 6.49. The fraction of sp³-hybridized carbons (Fsp3) is 0.667. The van der Waals surface area contributed by atoms with Crippen LogP contribution in [0.5, 0.6) is 0 Å². The number of nitrogens with zero attached hydrogens (tertiary/aromatic N) is 3. The Hall–Kier alpha value is -1.08. The minimum Gasteiger partial charge on any atom is -0.296 e. The first-order chi connectivity index (χ1) is 9.21. The molecule has 1 aromatic rings. The van der Waals surface area contributed by atoms with Gasteiger partial charge in [0.2, 0.25) is 15.0 Å². The molecule has 1 aliphatic rings. The summed E-state index contributed by atoms with van der Waals surface area (Å²) in [6.45, 7) is 6.22. The molecule has 0 spiro atoms. The van der Waals surface area contributed by atoms with E-state index in [1.54, 1.807) is 16.9 Å². The zero-order chi connectivity index (χ0) is 15.1. The molecule has 2 unspecified atom stereocenters. The van der Waals surface area contributed by atoms with E-state index in [-0.39, 0.29) is 24.9 Å². The van der Waals surface area contributed by atoms with Gasteiger partial charge in [-0.1, -0.05) is 13.8 Å². The smallest absolute Gasteiger partial charge is 0.237 e. The summed E-state index contributed by atoms with van der Waals surface area (Å²) in [5, 5.41) is 3.39. The number of rotatable bonds is 4. The van der Waals surface area contributed by atoms with Crippen molar-refractivity contribution in [3.63, 3.8) is 0 Å². The Morgan fingerprint density at radius 2 is 2.05 bits per heavy atom. The molecule has 0 N–H and O–H groups in total. The number of hydrogen-bond acceptors (Lipinski definition) is 4. The third-order valence-corrected chi connectivity index (χ3v) is 5.63. The zero-order valence-corrected chi connectivity index (χ0v) is 13.2. The second kappa shape index (κ2) is 5.37.